The molecule has 252 valence electrons. The van der Waals surface area contributed by atoms with Crippen LogP contribution in [0.4, 0.5) is 0 Å². The van der Waals surface area contributed by atoms with Crippen LogP contribution in [0.25, 0.3) is 61.2 Å². The molecule has 1 aliphatic rings. The number of fused-ring (bicyclic) bond motifs is 7. The Morgan fingerprint density at radius 2 is 0.878 bits per heavy atom. The molecule has 0 spiro atoms. The van der Waals surface area contributed by atoms with Crippen molar-refractivity contribution in [2.24, 2.45) is 9.98 Å². The van der Waals surface area contributed by atoms with E-state index in [9.17, 15) is 0 Å². The molecule has 0 aliphatic carbocycles. The number of thiophene rings is 4. The SMILES string of the molecule is CCCCc1c(CCCC)c2sc(-c3ccc(-c4cc5c(s4)c(CCCC)c(CCCC)c4sccc45)c4c3=NCN=4)cc2c2ccsc12. The first kappa shape index (κ1) is 33.3. The minimum atomic E-state index is 0.518. The number of benzene rings is 3. The van der Waals surface area contributed by atoms with Gasteiger partial charge in [0.15, 0.2) is 0 Å². The van der Waals surface area contributed by atoms with E-state index in [1.165, 1.54) is 138 Å². The number of aryl methyl sites for hydroxylation is 4. The fourth-order valence-electron chi connectivity index (χ4n) is 7.90. The van der Waals surface area contributed by atoms with Crippen LogP contribution < -0.4 is 10.7 Å². The molecule has 5 heterocycles. The van der Waals surface area contributed by atoms with E-state index in [1.807, 2.05) is 45.3 Å². The lowest BCUT2D eigenvalue weighted by Gasteiger charge is -2.13. The normalized spacial score (nSPS) is 12.9. The molecule has 0 bridgehead atoms. The van der Waals surface area contributed by atoms with Crippen molar-refractivity contribution in [1.82, 2.24) is 0 Å². The van der Waals surface area contributed by atoms with E-state index >= 15 is 0 Å². The molecule has 3 aromatic carbocycles. The molecule has 0 unspecified atom stereocenters. The Kier molecular flexibility index (Phi) is 9.76. The highest BCUT2D eigenvalue weighted by Gasteiger charge is 2.22. The van der Waals surface area contributed by atoms with Gasteiger partial charge in [-0.2, -0.15) is 0 Å². The predicted molar refractivity (Wildman–Crippen MR) is 220 cm³/mol. The van der Waals surface area contributed by atoms with Gasteiger partial charge in [-0.1, -0.05) is 65.5 Å². The van der Waals surface area contributed by atoms with Gasteiger partial charge in [0.2, 0.25) is 0 Å². The number of hydrogen-bond donors (Lipinski definition) is 0. The lowest BCUT2D eigenvalue weighted by Crippen LogP contribution is -2.25. The van der Waals surface area contributed by atoms with Gasteiger partial charge in [-0.05, 0) is 109 Å². The second-order valence-corrected chi connectivity index (χ2v) is 17.6. The topological polar surface area (TPSA) is 24.7 Å². The van der Waals surface area contributed by atoms with Gasteiger partial charge < -0.3 is 0 Å². The highest BCUT2D eigenvalue weighted by Crippen LogP contribution is 2.46. The third-order valence-electron chi connectivity index (χ3n) is 10.5. The molecule has 0 saturated carbocycles. The zero-order valence-corrected chi connectivity index (χ0v) is 32.6. The molecule has 2 nitrogen and oxygen atoms in total. The number of rotatable bonds is 14. The van der Waals surface area contributed by atoms with Crippen molar-refractivity contribution in [3.8, 4) is 20.9 Å². The Bertz CT molecular complexity index is 2260. The zero-order chi connectivity index (χ0) is 33.5. The quantitative estimate of drug-likeness (QED) is 0.107. The Balaban J connectivity index is 1.28. The van der Waals surface area contributed by atoms with E-state index < -0.39 is 0 Å². The molecule has 49 heavy (non-hydrogen) atoms. The van der Waals surface area contributed by atoms with E-state index in [0.29, 0.717) is 6.67 Å². The summed E-state index contributed by atoms with van der Waals surface area (Å²) >= 11 is 7.86. The molecule has 0 amide bonds. The molecule has 4 aromatic heterocycles. The summed E-state index contributed by atoms with van der Waals surface area (Å²) in [4.78, 5) is 12.8. The van der Waals surface area contributed by atoms with E-state index in [1.54, 1.807) is 22.3 Å². The van der Waals surface area contributed by atoms with E-state index in [-0.39, 0.29) is 0 Å². The molecule has 0 fully saturated rings. The second-order valence-electron chi connectivity index (χ2n) is 13.7. The third kappa shape index (κ3) is 5.81. The smallest absolute Gasteiger partial charge is 0.130 e. The van der Waals surface area contributed by atoms with Gasteiger partial charge in [0.05, 0.1) is 10.7 Å². The van der Waals surface area contributed by atoms with Gasteiger partial charge >= 0.3 is 0 Å². The minimum Gasteiger partial charge on any atom is -0.259 e. The first-order valence-corrected chi connectivity index (χ1v) is 22.0. The Labute approximate surface area is 306 Å². The minimum absolute atomic E-state index is 0.518. The van der Waals surface area contributed by atoms with Crippen LogP contribution in [0.3, 0.4) is 0 Å². The van der Waals surface area contributed by atoms with Crippen LogP contribution >= 0.6 is 45.3 Å². The molecule has 0 saturated heterocycles. The van der Waals surface area contributed by atoms with Crippen molar-refractivity contribution in [2.45, 2.75) is 105 Å². The summed E-state index contributed by atoms with van der Waals surface area (Å²) in [6.07, 6.45) is 14.6. The Morgan fingerprint density at radius 3 is 1.27 bits per heavy atom. The first-order chi connectivity index (χ1) is 24.2. The summed E-state index contributed by atoms with van der Waals surface area (Å²) in [5.41, 5.74) is 8.92. The average molecular weight is 719 g/mol. The van der Waals surface area contributed by atoms with Crippen molar-refractivity contribution in [2.75, 3.05) is 6.67 Å². The molecule has 1 aliphatic heterocycles. The maximum absolute atomic E-state index is 5.06. The fourth-order valence-corrected chi connectivity index (χ4v) is 12.5. The van der Waals surface area contributed by atoms with Gasteiger partial charge in [0.1, 0.15) is 6.67 Å². The molecule has 0 atom stereocenters. The van der Waals surface area contributed by atoms with E-state index in [2.05, 4.69) is 74.9 Å². The summed E-state index contributed by atoms with van der Waals surface area (Å²) in [7, 11) is 0. The number of unbranched alkanes of at least 4 members (excludes halogenated alkanes) is 4. The lowest BCUT2D eigenvalue weighted by atomic mass is 9.94. The number of nitrogens with zero attached hydrogens (tertiary/aromatic N) is 2. The van der Waals surface area contributed by atoms with Gasteiger partial charge in [0, 0.05) is 61.2 Å². The Morgan fingerprint density at radius 1 is 0.490 bits per heavy atom. The van der Waals surface area contributed by atoms with Crippen LogP contribution in [0.1, 0.15) is 101 Å². The summed E-state index contributed by atoms with van der Waals surface area (Å²) in [5, 5.41) is 12.5. The summed E-state index contributed by atoms with van der Waals surface area (Å²) in [5.74, 6) is 0. The molecule has 8 rings (SSSR count). The van der Waals surface area contributed by atoms with Crippen LogP contribution in [0.2, 0.25) is 0 Å². The zero-order valence-electron chi connectivity index (χ0n) is 29.3. The van der Waals surface area contributed by atoms with E-state index in [4.69, 9.17) is 9.98 Å². The highest BCUT2D eigenvalue weighted by atomic mass is 32.1. The van der Waals surface area contributed by atoms with Gasteiger partial charge in [0.25, 0.3) is 0 Å². The highest BCUT2D eigenvalue weighted by molar-refractivity contribution is 7.23. The van der Waals surface area contributed by atoms with E-state index in [0.717, 1.165) is 10.7 Å². The maximum atomic E-state index is 5.06. The van der Waals surface area contributed by atoms with Crippen LogP contribution in [0.5, 0.6) is 0 Å². The third-order valence-corrected chi connectivity index (χ3v) is 14.9. The van der Waals surface area contributed by atoms with Crippen LogP contribution in [-0.2, 0) is 25.7 Å². The molecule has 0 radical (unpaired) electrons. The average Bonchev–Trinajstić information content (AvgIpc) is 3.96. The van der Waals surface area contributed by atoms with Crippen LogP contribution in [0, 0.1) is 0 Å². The molecular weight excluding hydrogens is 673 g/mol. The largest absolute Gasteiger partial charge is 0.259 e. The predicted octanol–water partition coefficient (Wildman–Crippen LogP) is 13.5. The Hall–Kier alpha value is -2.90. The summed E-state index contributed by atoms with van der Waals surface area (Å²) in [6, 6.07) is 14.4. The second kappa shape index (κ2) is 14.4. The maximum Gasteiger partial charge on any atom is 0.130 e. The lowest BCUT2D eigenvalue weighted by molar-refractivity contribution is 0.766. The van der Waals surface area contributed by atoms with Crippen LogP contribution in [-0.4, -0.2) is 6.67 Å². The number of hydrogen-bond acceptors (Lipinski definition) is 6. The fraction of sp³-hybridized carbons (Fsp3) is 0.395. The molecule has 6 heteroatoms. The van der Waals surface area contributed by atoms with Crippen molar-refractivity contribution in [3.63, 3.8) is 0 Å². The van der Waals surface area contributed by atoms with Crippen molar-refractivity contribution in [3.05, 3.63) is 80.1 Å². The molecular formula is C43H46N2S4. The van der Waals surface area contributed by atoms with Crippen LogP contribution in [0.15, 0.2) is 57.1 Å². The van der Waals surface area contributed by atoms with Crippen molar-refractivity contribution in [1.29, 1.82) is 0 Å². The monoisotopic (exact) mass is 718 g/mol. The first-order valence-electron chi connectivity index (χ1n) is 18.6. The van der Waals surface area contributed by atoms with Crippen molar-refractivity contribution < 1.29 is 0 Å². The standard InChI is InChI=1S/C43H46N2S4/c1-5-9-13-26-28(15-11-7-3)42-34(30-19-21-46-40(26)30)23-36(48-42)32-17-18-33(39-38(32)44-25-45-39)37-24-35-31-20-22-47-41(31)27(14-10-6-2)29(16-12-8-4)43(35)49-37/h17-24H,5-16,25H2,1-4H3. The van der Waals surface area contributed by atoms with Gasteiger partial charge in [-0.3, -0.25) is 9.98 Å². The summed E-state index contributed by atoms with van der Waals surface area (Å²) < 4.78 is 6.02. The summed E-state index contributed by atoms with van der Waals surface area (Å²) in [6.45, 7) is 9.79. The van der Waals surface area contributed by atoms with Gasteiger partial charge in [-0.15, -0.1) is 45.3 Å². The van der Waals surface area contributed by atoms with Gasteiger partial charge in [-0.25, -0.2) is 0 Å². The molecule has 0 N–H and O–H groups in total. The molecule has 7 aromatic rings. The van der Waals surface area contributed by atoms with Crippen molar-refractivity contribution >= 4 is 85.7 Å².